The maximum atomic E-state index is 13.2. The van der Waals surface area contributed by atoms with Gasteiger partial charge in [0.25, 0.3) is 0 Å². The summed E-state index contributed by atoms with van der Waals surface area (Å²) in [5, 5.41) is 0.161. The topological polar surface area (TPSA) is 67.8 Å². The Hall–Kier alpha value is -2.45. The summed E-state index contributed by atoms with van der Waals surface area (Å²) in [6, 6.07) is 5.60. The molecule has 9 heteroatoms. The third kappa shape index (κ3) is 4.64. The summed E-state index contributed by atoms with van der Waals surface area (Å²) in [4.78, 5) is 24.3. The molecule has 0 unspecified atom stereocenters. The van der Waals surface area contributed by atoms with Crippen LogP contribution in [0.25, 0.3) is 0 Å². The van der Waals surface area contributed by atoms with Crippen molar-refractivity contribution in [1.29, 1.82) is 0 Å². The number of halogens is 2. The summed E-state index contributed by atoms with van der Waals surface area (Å²) >= 11 is 5.99. The van der Waals surface area contributed by atoms with Gasteiger partial charge in [0.1, 0.15) is 30.3 Å². The van der Waals surface area contributed by atoms with Gasteiger partial charge in [-0.15, -0.1) is 0 Å². The molecule has 1 aromatic carbocycles. The number of ether oxygens (including phenoxy) is 2. The van der Waals surface area contributed by atoms with Crippen LogP contribution < -0.4 is 9.64 Å². The van der Waals surface area contributed by atoms with Crippen LogP contribution in [0.15, 0.2) is 30.6 Å². The summed E-state index contributed by atoms with van der Waals surface area (Å²) in [6.45, 7) is 3.90. The standard InChI is InChI=1S/C18H20ClFN4O3/c1-12-9-23(5-6-24(12)18(25)10-26-2)16-8-17(22-11-21-16)27-15-4-3-13(20)7-14(15)19/h3-4,7-8,11-12H,5-6,9-10H2,1-2H3/t12-/m1/s1. The highest BCUT2D eigenvalue weighted by Crippen LogP contribution is 2.30. The normalized spacial score (nSPS) is 17.1. The quantitative estimate of drug-likeness (QED) is 0.776. The predicted molar refractivity (Wildman–Crippen MR) is 98.8 cm³/mol. The molecule has 1 amide bonds. The molecule has 1 saturated heterocycles. The molecule has 0 N–H and O–H groups in total. The molecule has 2 aromatic rings. The molecule has 0 radical (unpaired) electrons. The molecule has 1 aromatic heterocycles. The second-order valence-electron chi connectivity index (χ2n) is 6.21. The zero-order chi connectivity index (χ0) is 19.4. The number of hydrogen-bond donors (Lipinski definition) is 0. The number of carbonyl (C=O) groups is 1. The first kappa shape index (κ1) is 19.3. The van der Waals surface area contributed by atoms with E-state index in [1.54, 1.807) is 11.0 Å². The molecule has 1 aliphatic rings. The number of anilines is 1. The van der Waals surface area contributed by atoms with Crippen molar-refractivity contribution in [2.45, 2.75) is 13.0 Å². The Kier molecular flexibility index (Phi) is 6.08. The molecular weight excluding hydrogens is 375 g/mol. The third-order valence-corrected chi connectivity index (χ3v) is 4.57. The Balaban J connectivity index is 1.70. The van der Waals surface area contributed by atoms with Crippen LogP contribution in [0.3, 0.4) is 0 Å². The second-order valence-corrected chi connectivity index (χ2v) is 6.61. The van der Waals surface area contributed by atoms with Crippen LogP contribution in [0, 0.1) is 5.82 Å². The van der Waals surface area contributed by atoms with E-state index >= 15 is 0 Å². The zero-order valence-electron chi connectivity index (χ0n) is 15.1. The first-order valence-corrected chi connectivity index (χ1v) is 8.84. The van der Waals surface area contributed by atoms with Crippen molar-refractivity contribution in [3.63, 3.8) is 0 Å². The number of amides is 1. The minimum Gasteiger partial charge on any atom is -0.437 e. The summed E-state index contributed by atoms with van der Waals surface area (Å²) in [6.07, 6.45) is 1.40. The van der Waals surface area contributed by atoms with E-state index in [1.165, 1.54) is 31.6 Å². The van der Waals surface area contributed by atoms with E-state index in [0.717, 1.165) is 0 Å². The van der Waals surface area contributed by atoms with Crippen molar-refractivity contribution < 1.29 is 18.7 Å². The lowest BCUT2D eigenvalue weighted by Gasteiger charge is -2.40. The molecule has 3 rings (SSSR count). The van der Waals surface area contributed by atoms with Crippen molar-refractivity contribution in [1.82, 2.24) is 14.9 Å². The molecule has 0 saturated carbocycles. The van der Waals surface area contributed by atoms with Gasteiger partial charge in [-0.2, -0.15) is 0 Å². The van der Waals surface area contributed by atoms with Crippen molar-refractivity contribution in [3.05, 3.63) is 41.4 Å². The molecule has 144 valence electrons. The van der Waals surface area contributed by atoms with Crippen LogP contribution in [0.2, 0.25) is 5.02 Å². The van der Waals surface area contributed by atoms with E-state index in [1.807, 2.05) is 6.92 Å². The van der Waals surface area contributed by atoms with Gasteiger partial charge in [0, 0.05) is 38.9 Å². The van der Waals surface area contributed by atoms with Gasteiger partial charge in [-0.1, -0.05) is 11.6 Å². The van der Waals surface area contributed by atoms with Gasteiger partial charge >= 0.3 is 0 Å². The minimum absolute atomic E-state index is 0.0206. The van der Waals surface area contributed by atoms with Gasteiger partial charge in [-0.25, -0.2) is 14.4 Å². The minimum atomic E-state index is -0.439. The molecule has 1 aliphatic heterocycles. The average Bonchev–Trinajstić information content (AvgIpc) is 2.64. The molecule has 0 spiro atoms. The molecule has 27 heavy (non-hydrogen) atoms. The van der Waals surface area contributed by atoms with Crippen LogP contribution in [0.4, 0.5) is 10.2 Å². The molecule has 0 bridgehead atoms. The molecule has 1 fully saturated rings. The first-order chi connectivity index (χ1) is 13.0. The van der Waals surface area contributed by atoms with Crippen molar-refractivity contribution in [3.8, 4) is 11.6 Å². The van der Waals surface area contributed by atoms with E-state index < -0.39 is 5.82 Å². The number of hydrogen-bond acceptors (Lipinski definition) is 6. The summed E-state index contributed by atoms with van der Waals surface area (Å²) < 4.78 is 23.7. The SMILES string of the molecule is COCC(=O)N1CCN(c2cc(Oc3ccc(F)cc3Cl)ncn2)C[C@H]1C. The fourth-order valence-corrected chi connectivity index (χ4v) is 3.18. The number of nitrogens with zero attached hydrogens (tertiary/aromatic N) is 4. The Labute approximate surface area is 161 Å². The number of methoxy groups -OCH3 is 1. The number of piperazine rings is 1. The van der Waals surface area contributed by atoms with E-state index in [9.17, 15) is 9.18 Å². The highest BCUT2D eigenvalue weighted by atomic mass is 35.5. The van der Waals surface area contributed by atoms with Gasteiger partial charge in [-0.05, 0) is 25.1 Å². The van der Waals surface area contributed by atoms with Crippen LogP contribution in [-0.4, -0.2) is 60.2 Å². The number of benzene rings is 1. The predicted octanol–water partition coefficient (Wildman–Crippen LogP) is 2.74. The van der Waals surface area contributed by atoms with Gasteiger partial charge in [0.15, 0.2) is 0 Å². The highest BCUT2D eigenvalue weighted by molar-refractivity contribution is 6.32. The lowest BCUT2D eigenvalue weighted by molar-refractivity contribution is -0.137. The number of rotatable bonds is 5. The fourth-order valence-electron chi connectivity index (χ4n) is 2.97. The molecule has 1 atom stereocenters. The maximum absolute atomic E-state index is 13.2. The molecule has 2 heterocycles. The van der Waals surface area contributed by atoms with E-state index in [4.69, 9.17) is 21.1 Å². The van der Waals surface area contributed by atoms with Gasteiger partial charge in [0.05, 0.1) is 5.02 Å². The Morgan fingerprint density at radius 3 is 2.85 bits per heavy atom. The average molecular weight is 395 g/mol. The lowest BCUT2D eigenvalue weighted by atomic mass is 10.2. The van der Waals surface area contributed by atoms with Crippen LogP contribution in [-0.2, 0) is 9.53 Å². The van der Waals surface area contributed by atoms with Crippen molar-refractivity contribution in [2.24, 2.45) is 0 Å². The fraction of sp³-hybridized carbons (Fsp3) is 0.389. The smallest absolute Gasteiger partial charge is 0.248 e. The lowest BCUT2D eigenvalue weighted by Crippen LogP contribution is -2.55. The van der Waals surface area contributed by atoms with Gasteiger partial charge < -0.3 is 19.3 Å². The van der Waals surface area contributed by atoms with Gasteiger partial charge in [0.2, 0.25) is 11.8 Å². The maximum Gasteiger partial charge on any atom is 0.248 e. The van der Waals surface area contributed by atoms with E-state index in [-0.39, 0.29) is 23.6 Å². The van der Waals surface area contributed by atoms with E-state index in [0.29, 0.717) is 37.1 Å². The Bertz CT molecular complexity index is 823. The summed E-state index contributed by atoms with van der Waals surface area (Å²) in [7, 11) is 1.51. The Morgan fingerprint density at radius 1 is 1.33 bits per heavy atom. The summed E-state index contributed by atoms with van der Waals surface area (Å²) in [5.41, 5.74) is 0. The van der Waals surface area contributed by atoms with Crippen molar-refractivity contribution >= 4 is 23.3 Å². The Morgan fingerprint density at radius 2 is 2.15 bits per heavy atom. The molecule has 7 nitrogen and oxygen atoms in total. The highest BCUT2D eigenvalue weighted by Gasteiger charge is 2.28. The van der Waals surface area contributed by atoms with Crippen LogP contribution >= 0.6 is 11.6 Å². The largest absolute Gasteiger partial charge is 0.437 e. The van der Waals surface area contributed by atoms with Crippen LogP contribution in [0.5, 0.6) is 11.6 Å². The number of aromatic nitrogens is 2. The third-order valence-electron chi connectivity index (χ3n) is 4.28. The van der Waals surface area contributed by atoms with Crippen molar-refractivity contribution in [2.75, 3.05) is 38.3 Å². The zero-order valence-corrected chi connectivity index (χ0v) is 15.8. The molecule has 0 aliphatic carbocycles. The molecular formula is C18H20ClFN4O3. The van der Waals surface area contributed by atoms with Gasteiger partial charge in [-0.3, -0.25) is 4.79 Å². The number of carbonyl (C=O) groups excluding carboxylic acids is 1. The monoisotopic (exact) mass is 394 g/mol. The second kappa shape index (κ2) is 8.49. The summed E-state index contributed by atoms with van der Waals surface area (Å²) in [5.74, 6) is 0.835. The van der Waals surface area contributed by atoms with Crippen LogP contribution in [0.1, 0.15) is 6.92 Å². The van der Waals surface area contributed by atoms with E-state index in [2.05, 4.69) is 14.9 Å². The first-order valence-electron chi connectivity index (χ1n) is 8.46.